The first-order valence-electron chi connectivity index (χ1n) is 6.83. The predicted octanol–water partition coefficient (Wildman–Crippen LogP) is 2.66. The molecule has 4 nitrogen and oxygen atoms in total. The van der Waals surface area contributed by atoms with E-state index in [1.54, 1.807) is 14.2 Å². The molecule has 106 valence electrons. The minimum Gasteiger partial charge on any atom is -0.497 e. The highest BCUT2D eigenvalue weighted by Gasteiger charge is 2.19. The number of hydrogen-bond donors (Lipinski definition) is 1. The van der Waals surface area contributed by atoms with Gasteiger partial charge in [0.15, 0.2) is 0 Å². The molecule has 0 spiro atoms. The maximum absolute atomic E-state index is 6.20. The van der Waals surface area contributed by atoms with Crippen molar-refractivity contribution >= 4 is 0 Å². The first-order valence-corrected chi connectivity index (χ1v) is 6.83. The van der Waals surface area contributed by atoms with Crippen molar-refractivity contribution in [3.63, 3.8) is 0 Å². The highest BCUT2D eigenvalue weighted by atomic mass is 16.5. The van der Waals surface area contributed by atoms with Crippen LogP contribution in [0.3, 0.4) is 0 Å². The van der Waals surface area contributed by atoms with Crippen LogP contribution < -0.4 is 15.2 Å². The predicted molar refractivity (Wildman–Crippen MR) is 74.7 cm³/mol. The van der Waals surface area contributed by atoms with Gasteiger partial charge in [-0.1, -0.05) is 12.8 Å². The highest BCUT2D eigenvalue weighted by Crippen LogP contribution is 2.29. The Balaban J connectivity index is 1.98. The number of hydrogen-bond acceptors (Lipinski definition) is 4. The molecule has 0 amide bonds. The van der Waals surface area contributed by atoms with E-state index in [4.69, 9.17) is 19.9 Å². The first kappa shape index (κ1) is 14.2. The lowest BCUT2D eigenvalue weighted by Gasteiger charge is -2.19. The van der Waals surface area contributed by atoms with Crippen molar-refractivity contribution in [2.75, 3.05) is 20.8 Å². The standard InChI is InChI=1S/C15H23NO3/c1-17-12-7-8-13(15(9-12)18-2)14(16)10-19-11-5-3-4-6-11/h7-9,11,14H,3-6,10,16H2,1-2H3. The molecule has 0 aliphatic heterocycles. The summed E-state index contributed by atoms with van der Waals surface area (Å²) in [5.41, 5.74) is 7.15. The van der Waals surface area contributed by atoms with E-state index in [0.717, 1.165) is 29.9 Å². The summed E-state index contributed by atoms with van der Waals surface area (Å²) in [4.78, 5) is 0. The number of benzene rings is 1. The third-order valence-corrected chi connectivity index (χ3v) is 3.65. The van der Waals surface area contributed by atoms with Crippen molar-refractivity contribution in [2.24, 2.45) is 5.73 Å². The van der Waals surface area contributed by atoms with Gasteiger partial charge < -0.3 is 19.9 Å². The Bertz CT molecular complexity index is 402. The lowest BCUT2D eigenvalue weighted by atomic mass is 10.1. The van der Waals surface area contributed by atoms with E-state index in [0.29, 0.717) is 12.7 Å². The lowest BCUT2D eigenvalue weighted by molar-refractivity contribution is 0.0485. The van der Waals surface area contributed by atoms with Crippen molar-refractivity contribution in [1.82, 2.24) is 0 Å². The second-order valence-corrected chi connectivity index (χ2v) is 4.95. The number of methoxy groups -OCH3 is 2. The summed E-state index contributed by atoms with van der Waals surface area (Å²) in [5, 5.41) is 0. The van der Waals surface area contributed by atoms with Gasteiger partial charge in [-0.05, 0) is 25.0 Å². The molecule has 2 N–H and O–H groups in total. The van der Waals surface area contributed by atoms with Crippen LogP contribution in [0.4, 0.5) is 0 Å². The summed E-state index contributed by atoms with van der Waals surface area (Å²) in [6.07, 6.45) is 5.24. The van der Waals surface area contributed by atoms with E-state index >= 15 is 0 Å². The maximum Gasteiger partial charge on any atom is 0.127 e. The Morgan fingerprint density at radius 1 is 1.21 bits per heavy atom. The van der Waals surface area contributed by atoms with Gasteiger partial charge in [0.25, 0.3) is 0 Å². The quantitative estimate of drug-likeness (QED) is 0.859. The minimum absolute atomic E-state index is 0.165. The summed E-state index contributed by atoms with van der Waals surface area (Å²) >= 11 is 0. The van der Waals surface area contributed by atoms with Gasteiger partial charge >= 0.3 is 0 Å². The Morgan fingerprint density at radius 2 is 1.95 bits per heavy atom. The van der Waals surface area contributed by atoms with E-state index < -0.39 is 0 Å². The molecule has 19 heavy (non-hydrogen) atoms. The molecule has 0 heterocycles. The topological polar surface area (TPSA) is 53.7 Å². The molecular weight excluding hydrogens is 242 g/mol. The normalized spacial score (nSPS) is 17.4. The Hall–Kier alpha value is -1.26. The van der Waals surface area contributed by atoms with Crippen LogP contribution in [0, 0.1) is 0 Å². The summed E-state index contributed by atoms with van der Waals surface area (Å²) in [6, 6.07) is 5.53. The second kappa shape index (κ2) is 6.78. The van der Waals surface area contributed by atoms with Crippen LogP contribution in [0.2, 0.25) is 0 Å². The zero-order chi connectivity index (χ0) is 13.7. The van der Waals surface area contributed by atoms with Crippen molar-refractivity contribution in [1.29, 1.82) is 0 Å². The largest absolute Gasteiger partial charge is 0.497 e. The molecule has 1 fully saturated rings. The van der Waals surface area contributed by atoms with Crippen LogP contribution in [0.25, 0.3) is 0 Å². The molecule has 4 heteroatoms. The minimum atomic E-state index is -0.165. The van der Waals surface area contributed by atoms with E-state index in [2.05, 4.69) is 0 Å². The molecular formula is C15H23NO3. The second-order valence-electron chi connectivity index (χ2n) is 4.95. The van der Waals surface area contributed by atoms with E-state index in [1.165, 1.54) is 12.8 Å². The first-order chi connectivity index (χ1) is 9.24. The Morgan fingerprint density at radius 3 is 2.58 bits per heavy atom. The van der Waals surface area contributed by atoms with Gasteiger partial charge in [0, 0.05) is 11.6 Å². The lowest BCUT2D eigenvalue weighted by Crippen LogP contribution is -2.21. The van der Waals surface area contributed by atoms with Gasteiger partial charge in [0.1, 0.15) is 11.5 Å². The van der Waals surface area contributed by atoms with Crippen molar-refractivity contribution in [3.8, 4) is 11.5 Å². The molecule has 1 aliphatic rings. The molecule has 1 unspecified atom stereocenters. The van der Waals surface area contributed by atoms with Crippen LogP contribution >= 0.6 is 0 Å². The van der Waals surface area contributed by atoms with Crippen LogP contribution in [-0.2, 0) is 4.74 Å². The average Bonchev–Trinajstić information content (AvgIpc) is 2.97. The molecule has 0 saturated heterocycles. The summed E-state index contributed by atoms with van der Waals surface area (Å²) in [6.45, 7) is 0.535. The zero-order valence-corrected chi connectivity index (χ0v) is 11.7. The summed E-state index contributed by atoms with van der Waals surface area (Å²) < 4.78 is 16.4. The van der Waals surface area contributed by atoms with Gasteiger partial charge in [-0.2, -0.15) is 0 Å². The summed E-state index contributed by atoms with van der Waals surface area (Å²) in [7, 11) is 3.28. The monoisotopic (exact) mass is 265 g/mol. The van der Waals surface area contributed by atoms with Gasteiger partial charge in [0.2, 0.25) is 0 Å². The smallest absolute Gasteiger partial charge is 0.127 e. The van der Waals surface area contributed by atoms with Crippen molar-refractivity contribution in [2.45, 2.75) is 37.8 Å². The average molecular weight is 265 g/mol. The zero-order valence-electron chi connectivity index (χ0n) is 11.7. The van der Waals surface area contributed by atoms with E-state index in [1.807, 2.05) is 18.2 Å². The fraction of sp³-hybridized carbons (Fsp3) is 0.600. The molecule has 1 atom stereocenters. The Labute approximate surface area is 114 Å². The third kappa shape index (κ3) is 3.61. The molecule has 1 aliphatic carbocycles. The van der Waals surface area contributed by atoms with Gasteiger partial charge in [-0.25, -0.2) is 0 Å². The molecule has 0 radical (unpaired) electrons. The highest BCUT2D eigenvalue weighted by molar-refractivity contribution is 5.42. The van der Waals surface area contributed by atoms with Crippen molar-refractivity contribution < 1.29 is 14.2 Å². The summed E-state index contributed by atoms with van der Waals surface area (Å²) in [5.74, 6) is 1.52. The van der Waals surface area contributed by atoms with Gasteiger partial charge in [-0.15, -0.1) is 0 Å². The third-order valence-electron chi connectivity index (χ3n) is 3.65. The van der Waals surface area contributed by atoms with Crippen LogP contribution in [0.1, 0.15) is 37.3 Å². The fourth-order valence-electron chi connectivity index (χ4n) is 2.51. The number of ether oxygens (including phenoxy) is 3. The SMILES string of the molecule is COc1ccc(C(N)COC2CCCC2)c(OC)c1. The molecule has 0 aromatic heterocycles. The molecule has 0 bridgehead atoms. The molecule has 2 rings (SSSR count). The van der Waals surface area contributed by atoms with Crippen LogP contribution in [0.15, 0.2) is 18.2 Å². The number of rotatable bonds is 6. The van der Waals surface area contributed by atoms with Crippen molar-refractivity contribution in [3.05, 3.63) is 23.8 Å². The molecule has 1 aromatic rings. The van der Waals surface area contributed by atoms with Gasteiger partial charge in [-0.3, -0.25) is 0 Å². The molecule has 1 aromatic carbocycles. The maximum atomic E-state index is 6.20. The Kier molecular flexibility index (Phi) is 5.05. The molecule has 1 saturated carbocycles. The van der Waals surface area contributed by atoms with Crippen LogP contribution in [-0.4, -0.2) is 26.9 Å². The van der Waals surface area contributed by atoms with Crippen LogP contribution in [0.5, 0.6) is 11.5 Å². The van der Waals surface area contributed by atoms with E-state index in [9.17, 15) is 0 Å². The van der Waals surface area contributed by atoms with E-state index in [-0.39, 0.29) is 6.04 Å². The van der Waals surface area contributed by atoms with Gasteiger partial charge in [0.05, 0.1) is 33.0 Å². The fourth-order valence-corrected chi connectivity index (χ4v) is 2.51. The number of nitrogens with two attached hydrogens (primary N) is 1.